The van der Waals surface area contributed by atoms with Crippen LogP contribution in [0.4, 0.5) is 14.6 Å². The summed E-state index contributed by atoms with van der Waals surface area (Å²) in [7, 11) is -3.31. The van der Waals surface area contributed by atoms with Gasteiger partial charge in [-0.2, -0.15) is 5.26 Å². The standard InChI is InChI=1S/C34H42F2N6O4S/c1-24-26-5-2-6-27(19-26)34(35,36)21-25-7-13-41(14-8-25)11-3-15-46-16-4-12-42-31-28(30(40-24)38-23-39-31)20-29(32(42)43)33(22-37)9-17-47(44,45)18-10-33/h2,5-6,19-20,23-25H,3-4,7-18,21H2,1H3,(H,38,39,40)/t24-/m1/s1. The second-order valence-corrected chi connectivity index (χ2v) is 15.6. The molecule has 2 saturated heterocycles. The summed E-state index contributed by atoms with van der Waals surface area (Å²) in [4.78, 5) is 25.4. The number of sulfone groups is 1. The molecule has 2 aromatic heterocycles. The number of nitriles is 1. The average Bonchev–Trinajstić information content (AvgIpc) is 3.06. The number of hydrogen-bond acceptors (Lipinski definition) is 9. The summed E-state index contributed by atoms with van der Waals surface area (Å²) in [5, 5.41) is 14.2. The molecule has 1 aromatic carbocycles. The first kappa shape index (κ1) is 33.4. The fourth-order valence-corrected chi connectivity index (χ4v) is 8.73. The SMILES string of the molecule is C[C@H]1Nc2ncnc3c2cc(C2(C#N)CCS(=O)(=O)CC2)c(=O)n3CCCOCCCN2CCC(CC2)CC(F)(F)c2cccc1c2. The highest BCUT2D eigenvalue weighted by atomic mass is 32.2. The monoisotopic (exact) mass is 668 g/mol. The van der Waals surface area contributed by atoms with Crippen molar-refractivity contribution in [1.82, 2.24) is 19.4 Å². The van der Waals surface area contributed by atoms with Crippen LogP contribution in [0.1, 0.15) is 74.6 Å². The summed E-state index contributed by atoms with van der Waals surface area (Å²) in [6.07, 6.45) is 4.04. The van der Waals surface area contributed by atoms with Gasteiger partial charge in [0.1, 0.15) is 27.6 Å². The number of aromatic nitrogens is 3. The van der Waals surface area contributed by atoms with E-state index in [1.807, 2.05) is 6.92 Å². The minimum atomic E-state index is -3.31. The van der Waals surface area contributed by atoms with Crippen LogP contribution in [0.3, 0.4) is 0 Å². The van der Waals surface area contributed by atoms with Crippen molar-refractivity contribution < 1.29 is 21.9 Å². The van der Waals surface area contributed by atoms with Gasteiger partial charge in [-0.1, -0.05) is 18.2 Å². The summed E-state index contributed by atoms with van der Waals surface area (Å²) in [6.45, 7) is 5.53. The quantitative estimate of drug-likeness (QED) is 0.383. The highest BCUT2D eigenvalue weighted by molar-refractivity contribution is 7.91. The molecule has 0 unspecified atom stereocenters. The minimum absolute atomic E-state index is 0.0153. The topological polar surface area (TPSA) is 130 Å². The van der Waals surface area contributed by atoms with E-state index >= 15 is 8.78 Å². The molecule has 3 aromatic rings. The van der Waals surface area contributed by atoms with Gasteiger partial charge in [0.15, 0.2) is 0 Å². The highest BCUT2D eigenvalue weighted by Crippen LogP contribution is 2.40. The Labute approximate surface area is 274 Å². The van der Waals surface area contributed by atoms with E-state index in [4.69, 9.17) is 4.74 Å². The zero-order valence-electron chi connectivity index (χ0n) is 26.8. The molecule has 10 nitrogen and oxygen atoms in total. The lowest BCUT2D eigenvalue weighted by Gasteiger charge is -2.33. The van der Waals surface area contributed by atoms with Crippen LogP contribution in [0.25, 0.3) is 11.0 Å². The van der Waals surface area contributed by atoms with Crippen molar-refractivity contribution in [2.75, 3.05) is 49.7 Å². The molecule has 7 rings (SSSR count). The number of aryl methyl sites for hydroxylation is 1. The first-order valence-corrected chi connectivity index (χ1v) is 18.4. The number of anilines is 1. The lowest BCUT2D eigenvalue weighted by Crippen LogP contribution is -2.41. The second-order valence-electron chi connectivity index (χ2n) is 13.3. The van der Waals surface area contributed by atoms with Gasteiger partial charge < -0.3 is 15.0 Å². The van der Waals surface area contributed by atoms with Gasteiger partial charge in [0.05, 0.1) is 28.4 Å². The summed E-state index contributed by atoms with van der Waals surface area (Å²) in [6, 6.07) is 9.97. The van der Waals surface area contributed by atoms with Gasteiger partial charge in [-0.3, -0.25) is 9.36 Å². The molecule has 8 bridgehead atoms. The van der Waals surface area contributed by atoms with Crippen molar-refractivity contribution in [2.45, 2.75) is 75.8 Å². The Morgan fingerprint density at radius 2 is 1.77 bits per heavy atom. The third-order valence-electron chi connectivity index (χ3n) is 10.1. The van der Waals surface area contributed by atoms with Crippen molar-refractivity contribution in [1.29, 1.82) is 5.26 Å². The molecule has 0 saturated carbocycles. The van der Waals surface area contributed by atoms with Gasteiger partial charge in [0, 0.05) is 49.9 Å². The Hall–Kier alpha value is -3.47. The Morgan fingerprint density at radius 1 is 1.04 bits per heavy atom. The summed E-state index contributed by atoms with van der Waals surface area (Å²) < 4.78 is 63.4. The highest BCUT2D eigenvalue weighted by Gasteiger charge is 2.42. The summed E-state index contributed by atoms with van der Waals surface area (Å²) >= 11 is 0. The van der Waals surface area contributed by atoms with Crippen molar-refractivity contribution in [3.8, 4) is 6.07 Å². The Morgan fingerprint density at radius 3 is 2.49 bits per heavy atom. The van der Waals surface area contributed by atoms with E-state index in [-0.39, 0.29) is 59.9 Å². The largest absolute Gasteiger partial charge is 0.381 e. The third-order valence-corrected chi connectivity index (χ3v) is 11.8. The number of pyridine rings is 1. The normalized spacial score (nSPS) is 26.4. The van der Waals surface area contributed by atoms with Crippen molar-refractivity contribution in [3.63, 3.8) is 0 Å². The van der Waals surface area contributed by atoms with Crippen LogP contribution in [0, 0.1) is 17.2 Å². The number of hydrogen-bond donors (Lipinski definition) is 1. The van der Waals surface area contributed by atoms with Crippen LogP contribution in [-0.2, 0) is 32.5 Å². The maximum atomic E-state index is 15.7. The zero-order chi connectivity index (χ0) is 33.2. The number of rotatable bonds is 1. The molecule has 47 heavy (non-hydrogen) atoms. The molecule has 4 aliphatic rings. The molecule has 0 amide bonds. The van der Waals surface area contributed by atoms with Gasteiger partial charge >= 0.3 is 0 Å². The lowest BCUT2D eigenvalue weighted by atomic mass is 9.77. The molecular formula is C34H42F2N6O4S. The van der Waals surface area contributed by atoms with Crippen LogP contribution in [0.5, 0.6) is 0 Å². The summed E-state index contributed by atoms with van der Waals surface area (Å²) in [5.74, 6) is -3.00. The van der Waals surface area contributed by atoms with Crippen molar-refractivity contribution >= 4 is 26.7 Å². The summed E-state index contributed by atoms with van der Waals surface area (Å²) in [5.41, 5.74) is -0.448. The molecule has 0 aliphatic carbocycles. The smallest absolute Gasteiger partial charge is 0.273 e. The van der Waals surface area contributed by atoms with Crippen LogP contribution >= 0.6 is 0 Å². The Balaban J connectivity index is 1.41. The first-order chi connectivity index (χ1) is 22.5. The molecule has 2 fully saturated rings. The van der Waals surface area contributed by atoms with Crippen LogP contribution in [0.2, 0.25) is 0 Å². The zero-order valence-corrected chi connectivity index (χ0v) is 27.6. The lowest BCUT2D eigenvalue weighted by molar-refractivity contribution is -0.0374. The number of nitrogens with one attached hydrogen (secondary N) is 1. The van der Waals surface area contributed by atoms with E-state index in [0.29, 0.717) is 42.0 Å². The molecule has 1 N–H and O–H groups in total. The molecule has 4 aliphatic heterocycles. The Bertz CT molecular complexity index is 1800. The van der Waals surface area contributed by atoms with E-state index < -0.39 is 27.2 Å². The molecular weight excluding hydrogens is 626 g/mol. The van der Waals surface area contributed by atoms with Gasteiger partial charge in [-0.05, 0) is 82.2 Å². The van der Waals surface area contributed by atoms with Crippen LogP contribution in [0.15, 0.2) is 41.5 Å². The van der Waals surface area contributed by atoms with E-state index in [9.17, 15) is 18.5 Å². The number of halogens is 2. The van der Waals surface area contributed by atoms with Gasteiger partial charge in [0.2, 0.25) is 0 Å². The van der Waals surface area contributed by atoms with Crippen molar-refractivity contribution in [2.24, 2.45) is 5.92 Å². The molecule has 6 heterocycles. The number of fused-ring (bicyclic) bond motifs is 10. The average molecular weight is 669 g/mol. The molecule has 1 atom stereocenters. The fourth-order valence-electron chi connectivity index (χ4n) is 7.21. The molecule has 0 radical (unpaired) electrons. The predicted octanol–water partition coefficient (Wildman–Crippen LogP) is 4.94. The van der Waals surface area contributed by atoms with E-state index in [2.05, 4.69) is 26.3 Å². The van der Waals surface area contributed by atoms with Gasteiger partial charge in [-0.25, -0.2) is 27.2 Å². The number of nitrogens with zero attached hydrogens (tertiary/aromatic N) is 5. The van der Waals surface area contributed by atoms with Crippen LogP contribution in [-0.4, -0.2) is 72.2 Å². The van der Waals surface area contributed by atoms with Gasteiger partial charge in [-0.15, -0.1) is 0 Å². The third kappa shape index (κ3) is 7.20. The van der Waals surface area contributed by atoms with Gasteiger partial charge in [0.25, 0.3) is 11.5 Å². The first-order valence-electron chi connectivity index (χ1n) is 16.6. The predicted molar refractivity (Wildman–Crippen MR) is 175 cm³/mol. The number of ether oxygens (including phenoxy) is 1. The molecule has 13 heteroatoms. The number of alkyl halides is 2. The number of piperidine rings is 1. The van der Waals surface area contributed by atoms with Crippen molar-refractivity contribution in [3.05, 3.63) is 63.7 Å². The van der Waals surface area contributed by atoms with Crippen LogP contribution < -0.4 is 10.9 Å². The number of benzene rings is 1. The minimum Gasteiger partial charge on any atom is -0.381 e. The Kier molecular flexibility index (Phi) is 9.65. The maximum absolute atomic E-state index is 15.7. The van der Waals surface area contributed by atoms with E-state index in [1.165, 1.54) is 17.0 Å². The maximum Gasteiger partial charge on any atom is 0.273 e. The fraction of sp³-hybridized carbons (Fsp3) is 0.588. The van der Waals surface area contributed by atoms with E-state index in [1.54, 1.807) is 24.3 Å². The van der Waals surface area contributed by atoms with E-state index in [0.717, 1.165) is 38.9 Å². The molecule has 252 valence electrons. The molecule has 0 spiro atoms. The second kappa shape index (κ2) is 13.6.